The van der Waals surface area contributed by atoms with Gasteiger partial charge in [0.2, 0.25) is 0 Å². The number of aliphatic hydroxyl groups excluding tert-OH is 2. The number of aliphatic imine (C=N–C) groups is 1. The van der Waals surface area contributed by atoms with Gasteiger partial charge in [0, 0.05) is 20.3 Å². The summed E-state index contributed by atoms with van der Waals surface area (Å²) < 4.78 is 20.8. The zero-order valence-corrected chi connectivity index (χ0v) is 12.5. The molecule has 0 aliphatic carbocycles. The van der Waals surface area contributed by atoms with Crippen molar-refractivity contribution >= 4 is 12.2 Å². The van der Waals surface area contributed by atoms with Crippen LogP contribution in [0.5, 0.6) is 0 Å². The van der Waals surface area contributed by atoms with Crippen LogP contribution in [-0.2, 0) is 4.74 Å². The van der Waals surface area contributed by atoms with Gasteiger partial charge in [-0.25, -0.2) is 14.2 Å². The molecule has 1 unspecified atom stereocenters. The third kappa shape index (κ3) is 3.01. The first-order valence-corrected chi connectivity index (χ1v) is 6.70. The minimum absolute atomic E-state index is 0.174. The monoisotopic (exact) mass is 314 g/mol. The second kappa shape index (κ2) is 6.11. The molecule has 1 aliphatic rings. The number of ether oxygens (including phenoxy) is 1. The Hall–Kier alpha value is -1.84. The van der Waals surface area contributed by atoms with Crippen molar-refractivity contribution < 1.29 is 19.3 Å². The smallest absolute Gasteiger partial charge is 0.351 e. The molecule has 0 amide bonds. The van der Waals surface area contributed by atoms with Gasteiger partial charge >= 0.3 is 5.69 Å². The molecule has 22 heavy (non-hydrogen) atoms. The maximum atomic E-state index is 14.6. The molecule has 1 saturated heterocycles. The van der Waals surface area contributed by atoms with Gasteiger partial charge in [-0.05, 0) is 13.0 Å². The van der Waals surface area contributed by atoms with Crippen molar-refractivity contribution in [3.63, 3.8) is 0 Å². The lowest BCUT2D eigenvalue weighted by Gasteiger charge is -2.24. The number of alkyl halides is 1. The Balaban J connectivity index is 2.32. The molecule has 0 aromatic carbocycles. The normalized spacial score (nSPS) is 31.8. The van der Waals surface area contributed by atoms with Gasteiger partial charge in [-0.3, -0.25) is 4.57 Å². The van der Waals surface area contributed by atoms with Crippen LogP contribution in [0.4, 0.5) is 10.2 Å². The maximum Gasteiger partial charge on any atom is 0.351 e. The Morgan fingerprint density at radius 1 is 1.64 bits per heavy atom. The second-order valence-electron chi connectivity index (χ2n) is 5.49. The summed E-state index contributed by atoms with van der Waals surface area (Å²) in [5.41, 5.74) is -2.99. The SMILES string of the molecule is CN(C)C=Nc1ccn([C@@H]2OC(CO)[C@@H](O)[C@@]2(C)F)c(=O)n1. The predicted octanol–water partition coefficient (Wildman–Crippen LogP) is -0.556. The van der Waals surface area contributed by atoms with E-state index in [0.29, 0.717) is 0 Å². The zero-order chi connectivity index (χ0) is 16.5. The van der Waals surface area contributed by atoms with Crippen molar-refractivity contribution in [2.24, 2.45) is 4.99 Å². The summed E-state index contributed by atoms with van der Waals surface area (Å²) >= 11 is 0. The maximum absolute atomic E-state index is 14.6. The van der Waals surface area contributed by atoms with E-state index < -0.39 is 36.4 Å². The molecule has 0 spiro atoms. The summed E-state index contributed by atoms with van der Waals surface area (Å²) in [7, 11) is 3.53. The van der Waals surface area contributed by atoms with Gasteiger partial charge in [0.15, 0.2) is 17.7 Å². The van der Waals surface area contributed by atoms with Crippen LogP contribution in [0.3, 0.4) is 0 Å². The summed E-state index contributed by atoms with van der Waals surface area (Å²) in [6.45, 7) is 0.563. The van der Waals surface area contributed by atoms with E-state index in [1.54, 1.807) is 19.0 Å². The van der Waals surface area contributed by atoms with E-state index in [2.05, 4.69) is 9.98 Å². The van der Waals surface area contributed by atoms with Crippen LogP contribution in [0, 0.1) is 0 Å². The van der Waals surface area contributed by atoms with Crippen LogP contribution in [0.1, 0.15) is 13.2 Å². The van der Waals surface area contributed by atoms with Gasteiger partial charge in [0.1, 0.15) is 12.2 Å². The first-order chi connectivity index (χ1) is 10.3. The molecule has 1 aromatic heterocycles. The summed E-state index contributed by atoms with van der Waals surface area (Å²) in [4.78, 5) is 21.4. The Morgan fingerprint density at radius 3 is 2.82 bits per heavy atom. The Labute approximate surface area is 126 Å². The number of rotatable bonds is 4. The molecule has 0 bridgehead atoms. The van der Waals surface area contributed by atoms with Crippen molar-refractivity contribution in [1.29, 1.82) is 0 Å². The average Bonchev–Trinajstić information content (AvgIpc) is 2.68. The van der Waals surface area contributed by atoms with E-state index in [4.69, 9.17) is 9.84 Å². The van der Waals surface area contributed by atoms with Crippen LogP contribution < -0.4 is 5.69 Å². The topological polar surface area (TPSA) is 100 Å². The molecule has 1 aromatic rings. The van der Waals surface area contributed by atoms with Gasteiger partial charge in [0.05, 0.1) is 12.9 Å². The summed E-state index contributed by atoms with van der Waals surface area (Å²) in [5, 5.41) is 18.9. The highest BCUT2D eigenvalue weighted by Gasteiger charge is 2.55. The van der Waals surface area contributed by atoms with Crippen molar-refractivity contribution in [3.05, 3.63) is 22.7 Å². The summed E-state index contributed by atoms with van der Waals surface area (Å²) in [6.07, 6.45) is -1.24. The van der Waals surface area contributed by atoms with E-state index in [0.717, 1.165) is 11.5 Å². The first kappa shape index (κ1) is 16.5. The fraction of sp³-hybridized carbons (Fsp3) is 0.615. The average molecular weight is 314 g/mol. The molecule has 1 aliphatic heterocycles. The Kier molecular flexibility index (Phi) is 4.59. The van der Waals surface area contributed by atoms with Crippen LogP contribution in [0.2, 0.25) is 0 Å². The molecule has 0 saturated carbocycles. The van der Waals surface area contributed by atoms with Crippen LogP contribution in [0.25, 0.3) is 0 Å². The highest BCUT2D eigenvalue weighted by Crippen LogP contribution is 2.40. The van der Waals surface area contributed by atoms with E-state index in [1.807, 2.05) is 0 Å². The minimum atomic E-state index is -2.23. The predicted molar refractivity (Wildman–Crippen MR) is 76.9 cm³/mol. The molecule has 2 heterocycles. The lowest BCUT2D eigenvalue weighted by atomic mass is 9.98. The van der Waals surface area contributed by atoms with E-state index >= 15 is 0 Å². The summed E-state index contributed by atoms with van der Waals surface area (Å²) in [6, 6.07) is 1.43. The second-order valence-corrected chi connectivity index (χ2v) is 5.49. The standard InChI is InChI=1S/C13H19FN4O4/c1-13(14)10(20)8(6-19)22-11(13)18-5-4-9(16-12(18)21)15-7-17(2)3/h4-5,7-8,10-11,19-20H,6H2,1-3H3/t8?,10-,11-,13-/m1/s1. The number of aromatic nitrogens is 2. The molecule has 2 N–H and O–H groups in total. The third-order valence-electron chi connectivity index (χ3n) is 3.39. The molecule has 0 radical (unpaired) electrons. The highest BCUT2D eigenvalue weighted by molar-refractivity contribution is 5.58. The Morgan fingerprint density at radius 2 is 2.32 bits per heavy atom. The van der Waals surface area contributed by atoms with Crippen LogP contribution in [0.15, 0.2) is 22.1 Å². The quantitative estimate of drug-likeness (QED) is 0.571. The highest BCUT2D eigenvalue weighted by atomic mass is 19.1. The molecule has 8 nitrogen and oxygen atoms in total. The van der Waals surface area contributed by atoms with E-state index in [9.17, 15) is 14.3 Å². The van der Waals surface area contributed by atoms with Crippen molar-refractivity contribution in [1.82, 2.24) is 14.5 Å². The van der Waals surface area contributed by atoms with Crippen LogP contribution in [-0.4, -0.2) is 69.6 Å². The number of aliphatic hydroxyl groups is 2. The molecule has 2 rings (SSSR count). The molecule has 4 atom stereocenters. The van der Waals surface area contributed by atoms with Crippen molar-refractivity contribution in [2.45, 2.75) is 31.0 Å². The van der Waals surface area contributed by atoms with E-state index in [-0.39, 0.29) is 5.82 Å². The Bertz CT molecular complexity index is 616. The third-order valence-corrected chi connectivity index (χ3v) is 3.39. The van der Waals surface area contributed by atoms with Crippen molar-refractivity contribution in [3.8, 4) is 0 Å². The zero-order valence-electron chi connectivity index (χ0n) is 12.5. The number of halogens is 1. The lowest BCUT2D eigenvalue weighted by molar-refractivity contribution is -0.0610. The van der Waals surface area contributed by atoms with Crippen molar-refractivity contribution in [2.75, 3.05) is 20.7 Å². The fourth-order valence-corrected chi connectivity index (χ4v) is 2.19. The number of hydrogen-bond donors (Lipinski definition) is 2. The van der Waals surface area contributed by atoms with Gasteiger partial charge < -0.3 is 19.8 Å². The van der Waals surface area contributed by atoms with Gasteiger partial charge in [-0.2, -0.15) is 4.98 Å². The van der Waals surface area contributed by atoms with Gasteiger partial charge in [-0.1, -0.05) is 0 Å². The summed E-state index contributed by atoms with van der Waals surface area (Å²) in [5.74, 6) is 0.174. The van der Waals surface area contributed by atoms with Gasteiger partial charge in [-0.15, -0.1) is 0 Å². The molecular formula is C13H19FN4O4. The fourth-order valence-electron chi connectivity index (χ4n) is 2.19. The molecule has 1 fully saturated rings. The number of nitrogens with zero attached hydrogens (tertiary/aromatic N) is 4. The molecular weight excluding hydrogens is 295 g/mol. The molecule has 122 valence electrons. The van der Waals surface area contributed by atoms with E-state index in [1.165, 1.54) is 18.6 Å². The van der Waals surface area contributed by atoms with Gasteiger partial charge in [0.25, 0.3) is 0 Å². The minimum Gasteiger partial charge on any atom is -0.394 e. The lowest BCUT2D eigenvalue weighted by Crippen LogP contribution is -2.42. The first-order valence-electron chi connectivity index (χ1n) is 6.70. The number of hydrogen-bond acceptors (Lipinski definition) is 6. The largest absolute Gasteiger partial charge is 0.394 e. The molecule has 9 heteroatoms. The van der Waals surface area contributed by atoms with Crippen LogP contribution >= 0.6 is 0 Å².